The van der Waals surface area contributed by atoms with Crippen molar-refractivity contribution >= 4 is 11.8 Å². The molecule has 0 saturated carbocycles. The van der Waals surface area contributed by atoms with Crippen molar-refractivity contribution in [2.24, 2.45) is 7.05 Å². The average Bonchev–Trinajstić information content (AvgIpc) is 3.29. The zero-order valence-electron chi connectivity index (χ0n) is 15.9. The highest BCUT2D eigenvalue weighted by atomic mass is 32.2. The van der Waals surface area contributed by atoms with Crippen LogP contribution in [0.25, 0.3) is 22.8 Å². The van der Waals surface area contributed by atoms with Gasteiger partial charge >= 0.3 is 0 Å². The molecule has 7 heteroatoms. The van der Waals surface area contributed by atoms with Gasteiger partial charge in [-0.3, -0.25) is 0 Å². The van der Waals surface area contributed by atoms with E-state index in [1.807, 2.05) is 73.1 Å². The van der Waals surface area contributed by atoms with Crippen molar-refractivity contribution in [1.82, 2.24) is 19.7 Å². The largest absolute Gasteiger partial charge is 0.496 e. The quantitative estimate of drug-likeness (QED) is 0.441. The molecule has 0 aliphatic heterocycles. The van der Waals surface area contributed by atoms with Crippen LogP contribution in [0.5, 0.6) is 5.75 Å². The minimum Gasteiger partial charge on any atom is -0.496 e. The highest BCUT2D eigenvalue weighted by Crippen LogP contribution is 2.31. The molecule has 0 spiro atoms. The third-order valence-electron chi connectivity index (χ3n) is 4.43. The second-order valence-corrected chi connectivity index (χ2v) is 7.18. The summed E-state index contributed by atoms with van der Waals surface area (Å²) in [7, 11) is 3.61. The Hall–Kier alpha value is -3.06. The fourth-order valence-electron chi connectivity index (χ4n) is 2.90. The summed E-state index contributed by atoms with van der Waals surface area (Å²) >= 11 is 1.58. The van der Waals surface area contributed by atoms with Crippen molar-refractivity contribution in [3.05, 3.63) is 66.1 Å². The van der Waals surface area contributed by atoms with E-state index >= 15 is 0 Å². The third kappa shape index (κ3) is 3.53. The topological polar surface area (TPSA) is 66.0 Å². The van der Waals surface area contributed by atoms with Gasteiger partial charge in [0.2, 0.25) is 5.89 Å². The predicted molar refractivity (Wildman–Crippen MR) is 109 cm³/mol. The standard InChI is InChI=1S/C21H20N4O2S/c1-14-17(22-20(27-14)15-9-5-4-6-10-15)13-28-21-24-23-19(25(21)2)16-11-7-8-12-18(16)26-3/h4-12H,13H2,1-3H3. The van der Waals surface area contributed by atoms with E-state index in [0.29, 0.717) is 11.6 Å². The number of rotatable bonds is 6. The lowest BCUT2D eigenvalue weighted by molar-refractivity contribution is 0.416. The summed E-state index contributed by atoms with van der Waals surface area (Å²) in [5.74, 6) is 3.65. The van der Waals surface area contributed by atoms with Crippen LogP contribution in [0.4, 0.5) is 0 Å². The number of aryl methyl sites for hydroxylation is 1. The minimum atomic E-state index is 0.640. The number of nitrogens with zero attached hydrogens (tertiary/aromatic N) is 4. The zero-order valence-corrected chi connectivity index (χ0v) is 16.7. The number of para-hydroxylation sites is 1. The summed E-state index contributed by atoms with van der Waals surface area (Å²) in [4.78, 5) is 4.65. The maximum atomic E-state index is 5.84. The Kier molecular flexibility index (Phi) is 5.16. The van der Waals surface area contributed by atoms with Crippen LogP contribution in [0, 0.1) is 6.92 Å². The Morgan fingerprint density at radius 2 is 1.79 bits per heavy atom. The van der Waals surface area contributed by atoms with E-state index in [0.717, 1.165) is 39.3 Å². The summed E-state index contributed by atoms with van der Waals surface area (Å²) in [6.45, 7) is 1.94. The zero-order chi connectivity index (χ0) is 19.5. The SMILES string of the molecule is COc1ccccc1-c1nnc(SCc2nc(-c3ccccc3)oc2C)n1C. The molecular formula is C21H20N4O2S. The van der Waals surface area contributed by atoms with Crippen LogP contribution >= 0.6 is 11.8 Å². The Morgan fingerprint density at radius 1 is 1.04 bits per heavy atom. The summed E-state index contributed by atoms with van der Waals surface area (Å²) in [6, 6.07) is 17.7. The lowest BCUT2D eigenvalue weighted by atomic mass is 10.2. The molecule has 4 aromatic rings. The van der Waals surface area contributed by atoms with E-state index in [2.05, 4.69) is 15.2 Å². The van der Waals surface area contributed by atoms with E-state index in [-0.39, 0.29) is 0 Å². The van der Waals surface area contributed by atoms with E-state index in [1.165, 1.54) is 0 Å². The van der Waals surface area contributed by atoms with E-state index in [9.17, 15) is 0 Å². The first-order valence-corrected chi connectivity index (χ1v) is 9.83. The number of hydrogen-bond donors (Lipinski definition) is 0. The Morgan fingerprint density at radius 3 is 2.57 bits per heavy atom. The van der Waals surface area contributed by atoms with Crippen molar-refractivity contribution in [2.45, 2.75) is 17.8 Å². The number of ether oxygens (including phenoxy) is 1. The molecule has 4 rings (SSSR count). The molecule has 0 saturated heterocycles. The van der Waals surface area contributed by atoms with Crippen molar-refractivity contribution in [3.8, 4) is 28.6 Å². The van der Waals surface area contributed by atoms with Gasteiger partial charge in [0.15, 0.2) is 11.0 Å². The van der Waals surface area contributed by atoms with E-state index in [4.69, 9.17) is 9.15 Å². The van der Waals surface area contributed by atoms with Crippen LogP contribution in [-0.4, -0.2) is 26.9 Å². The number of hydrogen-bond acceptors (Lipinski definition) is 6. The van der Waals surface area contributed by atoms with Crippen LogP contribution < -0.4 is 4.74 Å². The normalized spacial score (nSPS) is 11.0. The van der Waals surface area contributed by atoms with Gasteiger partial charge in [-0.1, -0.05) is 42.1 Å². The first kappa shape index (κ1) is 18.3. The molecule has 0 amide bonds. The fourth-order valence-corrected chi connectivity index (χ4v) is 3.82. The Balaban J connectivity index is 1.54. The highest BCUT2D eigenvalue weighted by Gasteiger charge is 2.17. The Bertz CT molecular complexity index is 1090. The lowest BCUT2D eigenvalue weighted by Gasteiger charge is -2.07. The molecule has 0 aliphatic rings. The number of thioether (sulfide) groups is 1. The van der Waals surface area contributed by atoms with Crippen LogP contribution in [0.3, 0.4) is 0 Å². The second-order valence-electron chi connectivity index (χ2n) is 6.24. The fraction of sp³-hybridized carbons (Fsp3) is 0.190. The smallest absolute Gasteiger partial charge is 0.226 e. The molecular weight excluding hydrogens is 372 g/mol. The maximum absolute atomic E-state index is 5.84. The van der Waals surface area contributed by atoms with Gasteiger partial charge in [0.1, 0.15) is 11.5 Å². The first-order valence-electron chi connectivity index (χ1n) is 8.84. The number of aromatic nitrogens is 4. The van der Waals surface area contributed by atoms with Crippen molar-refractivity contribution in [1.29, 1.82) is 0 Å². The molecule has 0 fully saturated rings. The van der Waals surface area contributed by atoms with Crippen molar-refractivity contribution in [3.63, 3.8) is 0 Å². The monoisotopic (exact) mass is 392 g/mol. The number of methoxy groups -OCH3 is 1. The van der Waals surface area contributed by atoms with Crippen LogP contribution in [0.1, 0.15) is 11.5 Å². The van der Waals surface area contributed by atoms with Crippen molar-refractivity contribution in [2.75, 3.05) is 7.11 Å². The molecule has 2 heterocycles. The summed E-state index contributed by atoms with van der Waals surface area (Å²) in [6.07, 6.45) is 0. The molecule has 0 aliphatic carbocycles. The van der Waals surface area contributed by atoms with Crippen LogP contribution in [-0.2, 0) is 12.8 Å². The molecule has 28 heavy (non-hydrogen) atoms. The lowest BCUT2D eigenvalue weighted by Crippen LogP contribution is -1.97. The van der Waals surface area contributed by atoms with Gasteiger partial charge in [0, 0.05) is 18.4 Å². The predicted octanol–water partition coefficient (Wildman–Crippen LogP) is 4.75. The Labute approximate surface area is 167 Å². The number of benzene rings is 2. The molecule has 0 bridgehead atoms. The number of oxazole rings is 1. The van der Waals surface area contributed by atoms with Gasteiger partial charge in [-0.25, -0.2) is 4.98 Å². The van der Waals surface area contributed by atoms with Gasteiger partial charge in [-0.15, -0.1) is 10.2 Å². The first-order chi connectivity index (χ1) is 13.7. The molecule has 6 nitrogen and oxygen atoms in total. The summed E-state index contributed by atoms with van der Waals surface area (Å²) in [5.41, 5.74) is 2.79. The average molecular weight is 392 g/mol. The second kappa shape index (κ2) is 7.90. The van der Waals surface area contributed by atoms with Crippen LogP contribution in [0.15, 0.2) is 64.2 Å². The van der Waals surface area contributed by atoms with Gasteiger partial charge in [0.05, 0.1) is 18.4 Å². The van der Waals surface area contributed by atoms with Crippen LogP contribution in [0.2, 0.25) is 0 Å². The van der Waals surface area contributed by atoms with Gasteiger partial charge in [-0.05, 0) is 31.2 Å². The molecule has 2 aromatic heterocycles. The molecule has 2 aromatic carbocycles. The van der Waals surface area contributed by atoms with Gasteiger partial charge in [0.25, 0.3) is 0 Å². The van der Waals surface area contributed by atoms with Crippen molar-refractivity contribution < 1.29 is 9.15 Å². The summed E-state index contributed by atoms with van der Waals surface area (Å²) in [5, 5.41) is 9.50. The molecule has 0 N–H and O–H groups in total. The molecule has 0 atom stereocenters. The van der Waals surface area contributed by atoms with E-state index < -0.39 is 0 Å². The molecule has 142 valence electrons. The van der Waals surface area contributed by atoms with Gasteiger partial charge in [-0.2, -0.15) is 0 Å². The molecule has 0 radical (unpaired) electrons. The van der Waals surface area contributed by atoms with E-state index in [1.54, 1.807) is 18.9 Å². The third-order valence-corrected chi connectivity index (χ3v) is 5.47. The highest BCUT2D eigenvalue weighted by molar-refractivity contribution is 7.98. The summed E-state index contributed by atoms with van der Waals surface area (Å²) < 4.78 is 13.3. The van der Waals surface area contributed by atoms with Gasteiger partial charge < -0.3 is 13.7 Å². The molecule has 0 unspecified atom stereocenters. The minimum absolute atomic E-state index is 0.640. The maximum Gasteiger partial charge on any atom is 0.226 e.